The van der Waals surface area contributed by atoms with Crippen molar-refractivity contribution in [2.75, 3.05) is 0 Å². The van der Waals surface area contributed by atoms with Gasteiger partial charge < -0.3 is 5.11 Å². The molecule has 19 heavy (non-hydrogen) atoms. The van der Waals surface area contributed by atoms with E-state index in [-0.39, 0.29) is 0 Å². The maximum absolute atomic E-state index is 11.9. The number of aliphatic carboxylic acids is 1. The molecule has 0 atom stereocenters. The smallest absolute Gasteiger partial charge is 0.314 e. The molecule has 0 spiro atoms. The molecule has 1 fully saturated rings. The Bertz CT molecular complexity index is 510. The van der Waals surface area contributed by atoms with E-state index in [0.29, 0.717) is 0 Å². The number of hydrogen-bond acceptors (Lipinski definition) is 1. The molecule has 0 aliphatic heterocycles. The van der Waals surface area contributed by atoms with Crippen LogP contribution in [0.4, 0.5) is 0 Å². The van der Waals surface area contributed by atoms with Crippen molar-refractivity contribution in [3.05, 3.63) is 34.4 Å². The quantitative estimate of drug-likeness (QED) is 0.876. The molecule has 1 N–H and O–H groups in total. The number of carboxylic acid groups (broad SMARTS) is 1. The summed E-state index contributed by atoms with van der Waals surface area (Å²) in [6, 6.07) is 4.25. The Morgan fingerprint density at radius 1 is 1.05 bits per heavy atom. The molecule has 102 valence electrons. The third-order valence-corrected chi connectivity index (χ3v) is 5.15. The van der Waals surface area contributed by atoms with E-state index in [1.165, 1.54) is 29.5 Å². The summed E-state index contributed by atoms with van der Waals surface area (Å²) in [6.07, 6.45) is 8.39. The van der Waals surface area contributed by atoms with Crippen LogP contribution >= 0.6 is 0 Å². The summed E-state index contributed by atoms with van der Waals surface area (Å²) in [5.41, 5.74) is 4.70. The molecule has 2 nitrogen and oxygen atoms in total. The van der Waals surface area contributed by atoms with Gasteiger partial charge in [-0.05, 0) is 67.7 Å². The fourth-order valence-corrected chi connectivity index (χ4v) is 4.07. The molecule has 0 radical (unpaired) electrons. The van der Waals surface area contributed by atoms with Gasteiger partial charge in [-0.25, -0.2) is 0 Å². The van der Waals surface area contributed by atoms with E-state index in [2.05, 4.69) is 19.1 Å². The summed E-state index contributed by atoms with van der Waals surface area (Å²) < 4.78 is 0. The molecule has 0 aromatic heterocycles. The zero-order chi connectivity index (χ0) is 13.5. The second-order valence-electron chi connectivity index (χ2n) is 6.19. The van der Waals surface area contributed by atoms with E-state index in [1.807, 2.05) is 0 Å². The predicted octanol–water partition coefficient (Wildman–Crippen LogP) is 3.77. The normalized spacial score (nSPS) is 21.1. The van der Waals surface area contributed by atoms with Gasteiger partial charge in [0.05, 0.1) is 5.41 Å². The van der Waals surface area contributed by atoms with E-state index in [9.17, 15) is 9.90 Å². The van der Waals surface area contributed by atoms with Gasteiger partial charge in [0.15, 0.2) is 0 Å². The minimum absolute atomic E-state index is 0.588. The maximum Gasteiger partial charge on any atom is 0.314 e. The first-order valence-electron chi connectivity index (χ1n) is 7.50. The van der Waals surface area contributed by atoms with Crippen LogP contribution < -0.4 is 0 Å². The van der Waals surface area contributed by atoms with Crippen molar-refractivity contribution in [3.8, 4) is 0 Å². The summed E-state index contributed by atoms with van der Waals surface area (Å²) in [4.78, 5) is 11.9. The van der Waals surface area contributed by atoms with Gasteiger partial charge in [-0.1, -0.05) is 25.0 Å². The van der Waals surface area contributed by atoms with Crippen molar-refractivity contribution in [1.29, 1.82) is 0 Å². The molecule has 2 aliphatic carbocycles. The highest BCUT2D eigenvalue weighted by atomic mass is 16.4. The standard InChI is InChI=1S/C17H22O2/c1-12-8-9-15(14-7-3-2-6-13(12)14)17(16(18)19)10-4-5-11-17/h8-9H,2-7,10-11H2,1H3,(H,18,19). The Balaban J connectivity index is 2.17. The summed E-state index contributed by atoms with van der Waals surface area (Å²) in [7, 11) is 0. The average Bonchev–Trinajstić information content (AvgIpc) is 2.90. The van der Waals surface area contributed by atoms with Gasteiger partial charge in [0.25, 0.3) is 0 Å². The molecule has 2 aliphatic rings. The molecule has 0 bridgehead atoms. The van der Waals surface area contributed by atoms with Crippen molar-refractivity contribution in [1.82, 2.24) is 0 Å². The molecule has 1 aromatic rings. The predicted molar refractivity (Wildman–Crippen MR) is 75.6 cm³/mol. The average molecular weight is 258 g/mol. The molecule has 0 saturated heterocycles. The van der Waals surface area contributed by atoms with E-state index in [1.54, 1.807) is 0 Å². The van der Waals surface area contributed by atoms with Crippen LogP contribution in [0, 0.1) is 6.92 Å². The van der Waals surface area contributed by atoms with E-state index >= 15 is 0 Å². The third kappa shape index (κ3) is 1.89. The number of hydrogen-bond donors (Lipinski definition) is 1. The van der Waals surface area contributed by atoms with Crippen LogP contribution in [0.1, 0.15) is 60.8 Å². The monoisotopic (exact) mass is 258 g/mol. The van der Waals surface area contributed by atoms with Crippen molar-refractivity contribution in [3.63, 3.8) is 0 Å². The van der Waals surface area contributed by atoms with E-state index in [0.717, 1.165) is 44.1 Å². The number of benzene rings is 1. The second-order valence-corrected chi connectivity index (χ2v) is 6.19. The highest BCUT2D eigenvalue weighted by molar-refractivity contribution is 5.82. The first kappa shape index (κ1) is 12.7. The number of rotatable bonds is 2. The van der Waals surface area contributed by atoms with Gasteiger partial charge in [-0.15, -0.1) is 0 Å². The summed E-state index contributed by atoms with van der Waals surface area (Å²) >= 11 is 0. The van der Waals surface area contributed by atoms with Crippen LogP contribution in [0.5, 0.6) is 0 Å². The first-order chi connectivity index (χ1) is 9.15. The number of carbonyl (C=O) groups is 1. The lowest BCUT2D eigenvalue weighted by molar-refractivity contribution is -0.143. The molecule has 0 amide bonds. The molecule has 0 unspecified atom stereocenters. The van der Waals surface area contributed by atoms with Gasteiger partial charge >= 0.3 is 5.97 Å². The lowest BCUT2D eigenvalue weighted by atomic mass is 9.72. The highest BCUT2D eigenvalue weighted by Gasteiger charge is 2.44. The van der Waals surface area contributed by atoms with Crippen LogP contribution in [0.25, 0.3) is 0 Å². The lowest BCUT2D eigenvalue weighted by Gasteiger charge is -2.31. The molecule has 1 saturated carbocycles. The fourth-order valence-electron chi connectivity index (χ4n) is 4.07. The van der Waals surface area contributed by atoms with Crippen LogP contribution in [-0.4, -0.2) is 11.1 Å². The Kier molecular flexibility index (Phi) is 3.12. The summed E-state index contributed by atoms with van der Waals surface area (Å²) in [5.74, 6) is -0.610. The van der Waals surface area contributed by atoms with Gasteiger partial charge in [0.1, 0.15) is 0 Å². The van der Waals surface area contributed by atoms with Gasteiger partial charge in [-0.2, -0.15) is 0 Å². The second kappa shape index (κ2) is 4.66. The first-order valence-corrected chi connectivity index (χ1v) is 7.50. The van der Waals surface area contributed by atoms with Crippen molar-refractivity contribution >= 4 is 5.97 Å². The Labute approximate surface area is 114 Å². The SMILES string of the molecule is Cc1ccc(C2(C(=O)O)CCCC2)c2c1CCCC2. The van der Waals surface area contributed by atoms with E-state index in [4.69, 9.17) is 0 Å². The number of fused-ring (bicyclic) bond motifs is 1. The summed E-state index contributed by atoms with van der Waals surface area (Å²) in [5, 5.41) is 9.79. The lowest BCUT2D eigenvalue weighted by Crippen LogP contribution is -2.34. The van der Waals surface area contributed by atoms with Crippen molar-refractivity contribution in [2.24, 2.45) is 0 Å². The van der Waals surface area contributed by atoms with Gasteiger partial charge in [-0.3, -0.25) is 4.79 Å². The summed E-state index contributed by atoms with van der Waals surface area (Å²) in [6.45, 7) is 2.16. The van der Waals surface area contributed by atoms with Crippen LogP contribution in [0.2, 0.25) is 0 Å². The Hall–Kier alpha value is -1.31. The zero-order valence-electron chi connectivity index (χ0n) is 11.7. The molecule has 3 rings (SSSR count). The molecular formula is C17H22O2. The zero-order valence-corrected chi connectivity index (χ0v) is 11.7. The van der Waals surface area contributed by atoms with Crippen molar-refractivity contribution in [2.45, 2.75) is 63.7 Å². The molecule has 1 aromatic carbocycles. The number of carboxylic acids is 1. The van der Waals surface area contributed by atoms with Crippen LogP contribution in [0.3, 0.4) is 0 Å². The minimum Gasteiger partial charge on any atom is -0.481 e. The minimum atomic E-state index is -0.610. The molecule has 2 heteroatoms. The van der Waals surface area contributed by atoms with Gasteiger partial charge in [0, 0.05) is 0 Å². The fraction of sp³-hybridized carbons (Fsp3) is 0.588. The van der Waals surface area contributed by atoms with Crippen LogP contribution in [-0.2, 0) is 23.1 Å². The van der Waals surface area contributed by atoms with E-state index < -0.39 is 11.4 Å². The topological polar surface area (TPSA) is 37.3 Å². The Morgan fingerprint density at radius 2 is 1.68 bits per heavy atom. The highest BCUT2D eigenvalue weighted by Crippen LogP contribution is 2.45. The molecular weight excluding hydrogens is 236 g/mol. The number of aryl methyl sites for hydroxylation is 1. The molecule has 0 heterocycles. The van der Waals surface area contributed by atoms with Crippen LogP contribution in [0.15, 0.2) is 12.1 Å². The Morgan fingerprint density at radius 3 is 2.32 bits per heavy atom. The maximum atomic E-state index is 11.9. The third-order valence-electron chi connectivity index (χ3n) is 5.15. The largest absolute Gasteiger partial charge is 0.481 e. The van der Waals surface area contributed by atoms with Crippen molar-refractivity contribution < 1.29 is 9.90 Å². The van der Waals surface area contributed by atoms with Gasteiger partial charge in [0.2, 0.25) is 0 Å².